The van der Waals surface area contributed by atoms with E-state index >= 15 is 0 Å². The molecule has 0 spiro atoms. The first kappa shape index (κ1) is 12.1. The van der Waals surface area contributed by atoms with E-state index in [1.165, 1.54) is 8.56 Å². The van der Waals surface area contributed by atoms with Gasteiger partial charge in [-0.05, 0) is 0 Å². The summed E-state index contributed by atoms with van der Waals surface area (Å²) in [5.41, 5.74) is 0. The van der Waals surface area contributed by atoms with Gasteiger partial charge in [-0.3, -0.25) is 0 Å². The van der Waals surface area contributed by atoms with Gasteiger partial charge in [0.15, 0.2) is 0 Å². The Morgan fingerprint density at radius 2 is 1.71 bits per heavy atom. The summed E-state index contributed by atoms with van der Waals surface area (Å²) < 4.78 is 2.82. The summed E-state index contributed by atoms with van der Waals surface area (Å²) in [5, 5.41) is 0.808. The van der Waals surface area contributed by atoms with Crippen LogP contribution in [0.2, 0.25) is 24.7 Å². The molecule has 0 aliphatic carbocycles. The summed E-state index contributed by atoms with van der Waals surface area (Å²) >= 11 is 6.24. The van der Waals surface area contributed by atoms with Crippen LogP contribution in [0, 0.1) is 0 Å². The van der Waals surface area contributed by atoms with E-state index < -0.39 is 8.07 Å². The Bertz CT molecular complexity index is 324. The first-order valence-corrected chi connectivity index (χ1v) is 10.1. The van der Waals surface area contributed by atoms with Crippen molar-refractivity contribution in [1.29, 1.82) is 0 Å². The van der Waals surface area contributed by atoms with E-state index in [0.29, 0.717) is 15.0 Å². The van der Waals surface area contributed by atoms with Gasteiger partial charge in [-0.1, -0.05) is 0 Å². The van der Waals surface area contributed by atoms with Gasteiger partial charge in [0.2, 0.25) is 0 Å². The van der Waals surface area contributed by atoms with Crippen LogP contribution in [0.5, 0.6) is 0 Å². The van der Waals surface area contributed by atoms with Crippen molar-refractivity contribution in [2.24, 2.45) is 0 Å². The summed E-state index contributed by atoms with van der Waals surface area (Å²) in [7, 11) is -1.16. The van der Waals surface area contributed by atoms with E-state index in [0.717, 1.165) is 5.02 Å². The average Bonchev–Trinajstić information content (AvgIpc) is 2.07. The number of hydrogen-bond donors (Lipinski definition) is 0. The minimum atomic E-state index is -1.16. The fraction of sp³-hybridized carbons (Fsp3) is 0.273. The molecule has 1 aromatic carbocycles. The van der Waals surface area contributed by atoms with Crippen LogP contribution in [0.3, 0.4) is 0 Å². The van der Waals surface area contributed by atoms with Gasteiger partial charge in [0, 0.05) is 0 Å². The summed E-state index contributed by atoms with van der Waals surface area (Å²) in [4.78, 5) is 0. The van der Waals surface area contributed by atoms with Gasteiger partial charge < -0.3 is 0 Å². The molecule has 0 radical (unpaired) electrons. The van der Waals surface area contributed by atoms with Gasteiger partial charge in [0.25, 0.3) is 0 Å². The maximum absolute atomic E-state index is 5.83. The standard InChI is InChI=1S/C11H15ClSeSi/c1-9(14(2,3)4)13-11-7-5-10(12)6-8-11/h5-8H,1H2,2-4H3. The van der Waals surface area contributed by atoms with Crippen LogP contribution in [0.1, 0.15) is 0 Å². The van der Waals surface area contributed by atoms with Crippen LogP contribution in [0.25, 0.3) is 0 Å². The molecule has 0 fully saturated rings. The topological polar surface area (TPSA) is 0 Å². The molecule has 14 heavy (non-hydrogen) atoms. The minimum absolute atomic E-state index is 0.412. The molecule has 0 aliphatic rings. The predicted octanol–water partition coefficient (Wildman–Crippen LogP) is 3.06. The summed E-state index contributed by atoms with van der Waals surface area (Å²) in [6.07, 6.45) is 0. The Hall–Kier alpha value is -0.0136. The zero-order valence-electron chi connectivity index (χ0n) is 8.80. The monoisotopic (exact) mass is 290 g/mol. The Balaban J connectivity index is 2.71. The fourth-order valence-corrected chi connectivity index (χ4v) is 4.94. The first-order valence-electron chi connectivity index (χ1n) is 4.52. The molecule has 0 unspecified atom stereocenters. The van der Waals surface area contributed by atoms with E-state index in [1.54, 1.807) is 0 Å². The van der Waals surface area contributed by atoms with Crippen LogP contribution in [0.15, 0.2) is 34.9 Å². The first-order chi connectivity index (χ1) is 6.39. The number of halogens is 1. The van der Waals surface area contributed by atoms with Gasteiger partial charge in [0.1, 0.15) is 0 Å². The molecule has 0 saturated carbocycles. The van der Waals surface area contributed by atoms with Crippen molar-refractivity contribution in [3.63, 3.8) is 0 Å². The van der Waals surface area contributed by atoms with E-state index in [-0.39, 0.29) is 0 Å². The van der Waals surface area contributed by atoms with Crippen molar-refractivity contribution < 1.29 is 0 Å². The molecule has 1 rings (SSSR count). The second kappa shape index (κ2) is 4.67. The molecule has 0 atom stereocenters. The van der Waals surface area contributed by atoms with Gasteiger partial charge >= 0.3 is 98.7 Å². The van der Waals surface area contributed by atoms with Crippen LogP contribution in [-0.2, 0) is 0 Å². The van der Waals surface area contributed by atoms with E-state index in [9.17, 15) is 0 Å². The second-order valence-electron chi connectivity index (χ2n) is 4.23. The molecule has 0 nitrogen and oxygen atoms in total. The number of hydrogen-bond acceptors (Lipinski definition) is 0. The average molecular weight is 290 g/mol. The van der Waals surface area contributed by atoms with Crippen LogP contribution in [0.4, 0.5) is 0 Å². The third kappa shape index (κ3) is 3.62. The second-order valence-corrected chi connectivity index (χ2v) is 13.0. The normalized spacial score (nSPS) is 11.4. The molecule has 0 heterocycles. The van der Waals surface area contributed by atoms with Crippen molar-refractivity contribution in [1.82, 2.24) is 0 Å². The van der Waals surface area contributed by atoms with Crippen LogP contribution < -0.4 is 4.46 Å². The number of benzene rings is 1. The molecule has 0 bridgehead atoms. The van der Waals surface area contributed by atoms with E-state index in [4.69, 9.17) is 11.6 Å². The zero-order chi connectivity index (χ0) is 10.8. The maximum atomic E-state index is 5.83. The Morgan fingerprint density at radius 3 is 2.14 bits per heavy atom. The van der Waals surface area contributed by atoms with Crippen LogP contribution in [-0.4, -0.2) is 23.0 Å². The molecule has 0 N–H and O–H groups in total. The number of rotatable bonds is 3. The van der Waals surface area contributed by atoms with Crippen molar-refractivity contribution >= 4 is 39.1 Å². The van der Waals surface area contributed by atoms with Gasteiger partial charge in [-0.2, -0.15) is 0 Å². The Kier molecular flexibility index (Phi) is 4.02. The summed E-state index contributed by atoms with van der Waals surface area (Å²) in [6.45, 7) is 11.2. The quantitative estimate of drug-likeness (QED) is 0.750. The molecule has 0 aromatic heterocycles. The van der Waals surface area contributed by atoms with E-state index in [2.05, 4.69) is 38.4 Å². The molecule has 0 amide bonds. The SMILES string of the molecule is C=C([Se]c1ccc(Cl)cc1)[Si](C)(C)C. The van der Waals surface area contributed by atoms with Gasteiger partial charge in [-0.15, -0.1) is 0 Å². The predicted molar refractivity (Wildman–Crippen MR) is 69.3 cm³/mol. The zero-order valence-corrected chi connectivity index (χ0v) is 12.3. The molecular formula is C11H15ClSeSi. The molecular weight excluding hydrogens is 275 g/mol. The molecule has 0 aliphatic heterocycles. The van der Waals surface area contributed by atoms with Crippen molar-refractivity contribution in [3.05, 3.63) is 40.0 Å². The van der Waals surface area contributed by atoms with Crippen molar-refractivity contribution in [3.8, 4) is 0 Å². The van der Waals surface area contributed by atoms with Gasteiger partial charge in [0.05, 0.1) is 0 Å². The third-order valence-electron chi connectivity index (χ3n) is 1.89. The van der Waals surface area contributed by atoms with E-state index in [1.807, 2.05) is 12.1 Å². The third-order valence-corrected chi connectivity index (χ3v) is 9.78. The molecule has 76 valence electrons. The summed E-state index contributed by atoms with van der Waals surface area (Å²) in [6, 6.07) is 8.12. The van der Waals surface area contributed by atoms with Gasteiger partial charge in [-0.25, -0.2) is 0 Å². The van der Waals surface area contributed by atoms with Crippen LogP contribution >= 0.6 is 11.6 Å². The molecule has 0 saturated heterocycles. The fourth-order valence-electron chi connectivity index (χ4n) is 0.798. The summed E-state index contributed by atoms with van der Waals surface area (Å²) in [5.74, 6) is 0. The Labute approximate surface area is 98.5 Å². The Morgan fingerprint density at radius 1 is 1.21 bits per heavy atom. The molecule has 3 heteroatoms. The van der Waals surface area contributed by atoms with Crippen molar-refractivity contribution in [2.45, 2.75) is 19.6 Å². The molecule has 1 aromatic rings. The van der Waals surface area contributed by atoms with Crippen molar-refractivity contribution in [2.75, 3.05) is 0 Å².